The molecule has 118 valence electrons. The van der Waals surface area contributed by atoms with Crippen LogP contribution in [-0.4, -0.2) is 12.5 Å². The molecule has 2 aliphatic carbocycles. The van der Waals surface area contributed by atoms with Gasteiger partial charge in [-0.15, -0.1) is 0 Å². The number of rotatable bonds is 5. The van der Waals surface area contributed by atoms with Gasteiger partial charge < -0.3 is 5.32 Å². The number of carbonyl (C=O) groups excluding carboxylic acids is 1. The molecule has 2 unspecified atom stereocenters. The molecule has 0 aromatic heterocycles. The summed E-state index contributed by atoms with van der Waals surface area (Å²) in [6.45, 7) is 0.725. The Hall–Kier alpha value is -2.16. The fourth-order valence-corrected chi connectivity index (χ4v) is 3.46. The fourth-order valence-electron chi connectivity index (χ4n) is 3.46. The quantitative estimate of drug-likeness (QED) is 0.895. The van der Waals surface area contributed by atoms with Gasteiger partial charge in [0.1, 0.15) is 5.82 Å². The minimum absolute atomic E-state index is 0.0482. The van der Waals surface area contributed by atoms with Crippen LogP contribution in [0.15, 0.2) is 54.6 Å². The van der Waals surface area contributed by atoms with E-state index in [2.05, 4.69) is 29.6 Å². The van der Waals surface area contributed by atoms with Crippen LogP contribution in [0.4, 0.5) is 4.39 Å². The Labute approximate surface area is 135 Å². The lowest BCUT2D eigenvalue weighted by Gasteiger charge is -2.16. The third kappa shape index (κ3) is 2.88. The molecule has 1 amide bonds. The highest BCUT2D eigenvalue weighted by Crippen LogP contribution is 2.49. The van der Waals surface area contributed by atoms with Gasteiger partial charge in [0.05, 0.1) is 0 Å². The Morgan fingerprint density at radius 2 is 1.78 bits per heavy atom. The summed E-state index contributed by atoms with van der Waals surface area (Å²) in [5, 5.41) is 3.14. The van der Waals surface area contributed by atoms with Crippen molar-refractivity contribution in [2.75, 3.05) is 6.54 Å². The Bertz CT molecular complexity index is 706. The van der Waals surface area contributed by atoms with Gasteiger partial charge in [0.15, 0.2) is 0 Å². The number of benzene rings is 2. The smallest absolute Gasteiger partial charge is 0.223 e. The predicted octanol–water partition coefficient (Wildman–Crippen LogP) is 3.78. The molecule has 23 heavy (non-hydrogen) atoms. The molecule has 2 aromatic rings. The van der Waals surface area contributed by atoms with E-state index < -0.39 is 0 Å². The van der Waals surface area contributed by atoms with Crippen LogP contribution in [0.25, 0.3) is 0 Å². The second kappa shape index (κ2) is 5.48. The van der Waals surface area contributed by atoms with E-state index in [4.69, 9.17) is 0 Å². The predicted molar refractivity (Wildman–Crippen MR) is 87.6 cm³/mol. The largest absolute Gasteiger partial charge is 0.355 e. The molecule has 4 rings (SSSR count). The van der Waals surface area contributed by atoms with Crippen LogP contribution in [0, 0.1) is 11.7 Å². The van der Waals surface area contributed by atoms with Crippen molar-refractivity contribution in [1.82, 2.24) is 5.32 Å². The maximum atomic E-state index is 13.0. The van der Waals surface area contributed by atoms with Gasteiger partial charge in [-0.3, -0.25) is 4.79 Å². The zero-order chi connectivity index (χ0) is 15.9. The number of hydrogen-bond donors (Lipinski definition) is 1. The Morgan fingerprint density at radius 3 is 2.43 bits per heavy atom. The molecule has 0 bridgehead atoms. The van der Waals surface area contributed by atoms with E-state index >= 15 is 0 Å². The molecular formula is C20H20FNO. The monoisotopic (exact) mass is 309 g/mol. The number of carbonyl (C=O) groups is 1. The highest BCUT2D eigenvalue weighted by molar-refractivity contribution is 5.83. The van der Waals surface area contributed by atoms with Crippen molar-refractivity contribution < 1.29 is 9.18 Å². The summed E-state index contributed by atoms with van der Waals surface area (Å²) in [6.07, 6.45) is 3.16. The summed E-state index contributed by atoms with van der Waals surface area (Å²) in [4.78, 5) is 12.4. The van der Waals surface area contributed by atoms with Crippen LogP contribution in [0.3, 0.4) is 0 Å². The molecule has 0 saturated heterocycles. The van der Waals surface area contributed by atoms with E-state index in [1.165, 1.54) is 17.7 Å². The molecule has 0 spiro atoms. The van der Waals surface area contributed by atoms with Crippen LogP contribution >= 0.6 is 0 Å². The average Bonchev–Trinajstić information content (AvgIpc) is 3.48. The Kier molecular flexibility index (Phi) is 3.44. The zero-order valence-electron chi connectivity index (χ0n) is 13.0. The van der Waals surface area contributed by atoms with Crippen molar-refractivity contribution in [3.8, 4) is 0 Å². The number of hydrogen-bond acceptors (Lipinski definition) is 1. The van der Waals surface area contributed by atoms with Crippen molar-refractivity contribution >= 4 is 5.91 Å². The number of nitrogens with one attached hydrogen (secondary N) is 1. The summed E-state index contributed by atoms with van der Waals surface area (Å²) in [7, 11) is 0. The third-order valence-corrected chi connectivity index (χ3v) is 5.27. The van der Waals surface area contributed by atoms with Crippen molar-refractivity contribution in [2.24, 2.45) is 5.92 Å². The molecule has 2 aliphatic rings. The van der Waals surface area contributed by atoms with E-state index in [1.807, 2.05) is 6.07 Å². The molecule has 2 atom stereocenters. The maximum Gasteiger partial charge on any atom is 0.223 e. The van der Waals surface area contributed by atoms with Crippen molar-refractivity contribution in [2.45, 2.75) is 30.6 Å². The van der Waals surface area contributed by atoms with Gasteiger partial charge in [0, 0.05) is 17.9 Å². The van der Waals surface area contributed by atoms with Crippen molar-refractivity contribution in [3.63, 3.8) is 0 Å². The SMILES string of the molecule is O=C(NCC1(c2ccccc2)CC1)C1CC1c1ccc(F)cc1. The second-order valence-electron chi connectivity index (χ2n) is 6.86. The number of amides is 1. The second-order valence-corrected chi connectivity index (χ2v) is 6.86. The molecule has 3 heteroatoms. The first-order chi connectivity index (χ1) is 11.2. The van der Waals surface area contributed by atoms with E-state index in [0.717, 1.165) is 31.4 Å². The molecule has 0 heterocycles. The molecule has 2 fully saturated rings. The lowest BCUT2D eigenvalue weighted by Crippen LogP contribution is -2.33. The molecule has 1 N–H and O–H groups in total. The summed E-state index contributed by atoms with van der Waals surface area (Å²) >= 11 is 0. The molecule has 2 nitrogen and oxygen atoms in total. The summed E-state index contributed by atoms with van der Waals surface area (Å²) in [5.74, 6) is 0.213. The first kappa shape index (κ1) is 14.4. The first-order valence-electron chi connectivity index (χ1n) is 8.27. The van der Waals surface area contributed by atoms with Crippen LogP contribution < -0.4 is 5.32 Å². The Balaban J connectivity index is 1.34. The van der Waals surface area contributed by atoms with Gasteiger partial charge in [-0.1, -0.05) is 42.5 Å². The van der Waals surface area contributed by atoms with E-state index in [9.17, 15) is 9.18 Å². The highest BCUT2D eigenvalue weighted by Gasteiger charge is 2.47. The molecular weight excluding hydrogens is 289 g/mol. The maximum absolute atomic E-state index is 13.0. The molecule has 2 saturated carbocycles. The van der Waals surface area contributed by atoms with Crippen molar-refractivity contribution in [1.29, 1.82) is 0 Å². The molecule has 0 radical (unpaired) electrons. The standard InChI is InChI=1S/C20H20FNO/c21-16-8-6-14(7-9-16)17-12-18(17)19(23)22-13-20(10-11-20)15-4-2-1-3-5-15/h1-9,17-18H,10-13H2,(H,22,23). The zero-order valence-corrected chi connectivity index (χ0v) is 13.0. The summed E-state index contributed by atoms with van der Waals surface area (Å²) in [6, 6.07) is 17.0. The summed E-state index contributed by atoms with van der Waals surface area (Å²) in [5.41, 5.74) is 2.54. The summed E-state index contributed by atoms with van der Waals surface area (Å²) < 4.78 is 13.0. The highest BCUT2D eigenvalue weighted by atomic mass is 19.1. The Morgan fingerprint density at radius 1 is 1.09 bits per heavy atom. The normalized spacial score (nSPS) is 24.0. The van der Waals surface area contributed by atoms with Crippen LogP contribution in [0.1, 0.15) is 36.3 Å². The van der Waals surface area contributed by atoms with Crippen LogP contribution in [0.5, 0.6) is 0 Å². The molecule has 0 aliphatic heterocycles. The number of halogens is 1. The van der Waals surface area contributed by atoms with E-state index in [1.54, 1.807) is 12.1 Å². The topological polar surface area (TPSA) is 29.1 Å². The van der Waals surface area contributed by atoms with E-state index in [-0.39, 0.29) is 29.0 Å². The van der Waals surface area contributed by atoms with Gasteiger partial charge in [-0.25, -0.2) is 4.39 Å². The molecule has 2 aromatic carbocycles. The van der Waals surface area contributed by atoms with Crippen LogP contribution in [-0.2, 0) is 10.2 Å². The van der Waals surface area contributed by atoms with Crippen molar-refractivity contribution in [3.05, 3.63) is 71.5 Å². The average molecular weight is 309 g/mol. The van der Waals surface area contributed by atoms with Gasteiger partial charge in [0.2, 0.25) is 5.91 Å². The lowest BCUT2D eigenvalue weighted by molar-refractivity contribution is -0.122. The third-order valence-electron chi connectivity index (χ3n) is 5.27. The van der Waals surface area contributed by atoms with Gasteiger partial charge >= 0.3 is 0 Å². The van der Waals surface area contributed by atoms with Gasteiger partial charge in [-0.05, 0) is 48.4 Å². The minimum Gasteiger partial charge on any atom is -0.355 e. The van der Waals surface area contributed by atoms with Gasteiger partial charge in [-0.2, -0.15) is 0 Å². The first-order valence-corrected chi connectivity index (χ1v) is 8.27. The van der Waals surface area contributed by atoms with Crippen LogP contribution in [0.2, 0.25) is 0 Å². The lowest BCUT2D eigenvalue weighted by atomic mass is 9.96. The van der Waals surface area contributed by atoms with E-state index in [0.29, 0.717) is 0 Å². The minimum atomic E-state index is -0.228. The fraction of sp³-hybridized carbons (Fsp3) is 0.350. The van der Waals surface area contributed by atoms with Gasteiger partial charge in [0.25, 0.3) is 0 Å².